The van der Waals surface area contributed by atoms with Crippen molar-refractivity contribution in [2.75, 3.05) is 5.32 Å². The number of amides is 1. The molecule has 184 valence electrons. The maximum Gasteiger partial charge on any atom is 0.310 e. The molecule has 0 aliphatic carbocycles. The molecule has 1 aliphatic heterocycles. The van der Waals surface area contributed by atoms with Crippen LogP contribution in [0.15, 0.2) is 42.6 Å². The van der Waals surface area contributed by atoms with Crippen LogP contribution in [0.2, 0.25) is 0 Å². The van der Waals surface area contributed by atoms with Gasteiger partial charge in [-0.1, -0.05) is 18.2 Å². The maximum absolute atomic E-state index is 14.3. The molecule has 1 aliphatic rings. The average Bonchev–Trinajstić information content (AvgIpc) is 3.28. The van der Waals surface area contributed by atoms with E-state index in [1.807, 2.05) is 0 Å². The Kier molecular flexibility index (Phi) is 5.47. The number of esters is 1. The molecule has 0 spiro atoms. The van der Waals surface area contributed by atoms with Crippen molar-refractivity contribution in [3.63, 3.8) is 0 Å². The van der Waals surface area contributed by atoms with Gasteiger partial charge >= 0.3 is 5.97 Å². The summed E-state index contributed by atoms with van der Waals surface area (Å²) in [6.45, 7) is 5.14. The minimum atomic E-state index is -2.27. The molecule has 1 unspecified atom stereocenters. The Morgan fingerprint density at radius 1 is 1.19 bits per heavy atom. The topological polar surface area (TPSA) is 145 Å². The fraction of sp³-hybridized carbons (Fsp3) is 0.292. The Hall–Kier alpha value is -4.32. The number of fused-ring (bicyclic) bond motifs is 2. The van der Waals surface area contributed by atoms with Gasteiger partial charge in [0.25, 0.3) is 5.91 Å². The van der Waals surface area contributed by atoms with Crippen molar-refractivity contribution in [1.82, 2.24) is 29.9 Å². The van der Waals surface area contributed by atoms with Crippen LogP contribution in [0.5, 0.6) is 0 Å². The molecular weight excluding hydrogens is 469 g/mol. The first-order valence-corrected chi connectivity index (χ1v) is 11.1. The van der Waals surface area contributed by atoms with Gasteiger partial charge in [-0.25, -0.2) is 19.0 Å². The van der Waals surface area contributed by atoms with Gasteiger partial charge in [-0.15, -0.1) is 10.2 Å². The first-order chi connectivity index (χ1) is 17.0. The van der Waals surface area contributed by atoms with E-state index in [0.717, 1.165) is 0 Å². The number of ether oxygens (including phenoxy) is 1. The molecule has 4 heterocycles. The van der Waals surface area contributed by atoms with Crippen molar-refractivity contribution in [2.24, 2.45) is 0 Å². The van der Waals surface area contributed by atoms with Crippen LogP contribution in [0.1, 0.15) is 38.4 Å². The Bertz CT molecular complexity index is 1510. The first kappa shape index (κ1) is 23.4. The van der Waals surface area contributed by atoms with Gasteiger partial charge in [-0.2, -0.15) is 5.10 Å². The van der Waals surface area contributed by atoms with E-state index in [0.29, 0.717) is 22.3 Å². The second-order valence-corrected chi connectivity index (χ2v) is 9.38. The van der Waals surface area contributed by atoms with E-state index in [1.54, 1.807) is 57.3 Å². The number of carbonyl (C=O) groups is 2. The number of nitrogens with zero attached hydrogens (tertiary/aromatic N) is 6. The highest BCUT2D eigenvalue weighted by atomic mass is 19.1. The lowest BCUT2D eigenvalue weighted by Crippen LogP contribution is -2.39. The first-order valence-electron chi connectivity index (χ1n) is 11.1. The Morgan fingerprint density at radius 3 is 2.72 bits per heavy atom. The highest BCUT2D eigenvalue weighted by Gasteiger charge is 2.51. The molecule has 0 saturated heterocycles. The number of halogens is 1. The molecule has 11 nitrogen and oxygen atoms in total. The van der Waals surface area contributed by atoms with E-state index in [1.165, 1.54) is 10.7 Å². The van der Waals surface area contributed by atoms with Crippen LogP contribution < -0.4 is 5.32 Å². The number of carbonyl (C=O) groups excluding carboxylic acids is 2. The smallest absolute Gasteiger partial charge is 0.310 e. The number of aromatic nitrogens is 6. The SMILES string of the molecule is CC(C)(C)OC(=O)CC1(O)C(=O)Nc2nc(-c3nn(Cc4ccccc4F)c4ncccc34)nnc21. The zero-order chi connectivity index (χ0) is 25.7. The molecule has 36 heavy (non-hydrogen) atoms. The second kappa shape index (κ2) is 8.41. The molecule has 0 radical (unpaired) electrons. The monoisotopic (exact) mass is 491 g/mol. The predicted molar refractivity (Wildman–Crippen MR) is 125 cm³/mol. The predicted octanol–water partition coefficient (Wildman–Crippen LogP) is 2.34. The van der Waals surface area contributed by atoms with Crippen molar-refractivity contribution < 1.29 is 23.8 Å². The van der Waals surface area contributed by atoms with Crippen LogP contribution in [0.3, 0.4) is 0 Å². The fourth-order valence-electron chi connectivity index (χ4n) is 3.93. The van der Waals surface area contributed by atoms with E-state index in [-0.39, 0.29) is 29.7 Å². The third-order valence-electron chi connectivity index (χ3n) is 5.50. The Balaban J connectivity index is 1.51. The largest absolute Gasteiger partial charge is 0.460 e. The highest BCUT2D eigenvalue weighted by Crippen LogP contribution is 2.37. The number of anilines is 1. The number of rotatable bonds is 5. The summed E-state index contributed by atoms with van der Waals surface area (Å²) >= 11 is 0. The summed E-state index contributed by atoms with van der Waals surface area (Å²) in [7, 11) is 0. The quantitative estimate of drug-likeness (QED) is 0.402. The van der Waals surface area contributed by atoms with Gasteiger partial charge < -0.3 is 15.2 Å². The van der Waals surface area contributed by atoms with Gasteiger partial charge in [0.2, 0.25) is 11.4 Å². The standard InChI is InChI=1S/C24H22FN7O4/c1-23(2,3)36-16(33)11-24(35)18-20(28-22(24)34)27-19(30-29-18)17-14-8-6-10-26-21(14)32(31-17)12-13-7-4-5-9-15(13)25/h4-10,35H,11-12H2,1-3H3,(H,27,28,30,34). The lowest BCUT2D eigenvalue weighted by Gasteiger charge is -2.23. The van der Waals surface area contributed by atoms with Crippen LogP contribution in [0, 0.1) is 5.82 Å². The van der Waals surface area contributed by atoms with Gasteiger partial charge in [0, 0.05) is 11.8 Å². The zero-order valence-corrected chi connectivity index (χ0v) is 19.7. The summed E-state index contributed by atoms with van der Waals surface area (Å²) < 4.78 is 21.0. The van der Waals surface area contributed by atoms with Crippen molar-refractivity contribution in [3.05, 3.63) is 59.7 Å². The highest BCUT2D eigenvalue weighted by molar-refractivity contribution is 6.05. The Labute approximate surface area is 204 Å². The van der Waals surface area contributed by atoms with Crippen LogP contribution in [0.4, 0.5) is 10.2 Å². The van der Waals surface area contributed by atoms with Crippen LogP contribution in [0.25, 0.3) is 22.6 Å². The molecule has 3 aromatic heterocycles. The van der Waals surface area contributed by atoms with Crippen LogP contribution in [-0.2, 0) is 26.5 Å². The lowest BCUT2D eigenvalue weighted by molar-refractivity contribution is -0.163. The van der Waals surface area contributed by atoms with Crippen molar-refractivity contribution in [3.8, 4) is 11.5 Å². The van der Waals surface area contributed by atoms with E-state index >= 15 is 0 Å². The summed E-state index contributed by atoms with van der Waals surface area (Å²) in [5.41, 5.74) is -2.05. The lowest BCUT2D eigenvalue weighted by atomic mass is 9.97. The van der Waals surface area contributed by atoms with Crippen molar-refractivity contribution in [1.29, 1.82) is 0 Å². The average molecular weight is 491 g/mol. The number of hydrogen-bond acceptors (Lipinski definition) is 9. The summed E-state index contributed by atoms with van der Waals surface area (Å²) in [6, 6.07) is 9.82. The van der Waals surface area contributed by atoms with Crippen LogP contribution >= 0.6 is 0 Å². The number of aliphatic hydroxyl groups is 1. The molecule has 0 bridgehead atoms. The number of nitrogens with one attached hydrogen (secondary N) is 1. The van der Waals surface area contributed by atoms with Gasteiger partial charge in [-0.3, -0.25) is 9.59 Å². The Morgan fingerprint density at radius 2 is 1.97 bits per heavy atom. The van der Waals surface area contributed by atoms with Gasteiger partial charge in [0.15, 0.2) is 11.5 Å². The van der Waals surface area contributed by atoms with E-state index in [9.17, 15) is 19.1 Å². The summed E-state index contributed by atoms with van der Waals surface area (Å²) in [4.78, 5) is 33.6. The molecule has 12 heteroatoms. The van der Waals surface area contributed by atoms with E-state index in [4.69, 9.17) is 4.74 Å². The van der Waals surface area contributed by atoms with Crippen LogP contribution in [-0.4, -0.2) is 52.5 Å². The summed E-state index contributed by atoms with van der Waals surface area (Å²) in [5, 5.41) is 26.7. The molecule has 1 aromatic carbocycles. The normalized spacial score (nSPS) is 17.2. The molecular formula is C24H22FN7O4. The van der Waals surface area contributed by atoms with Gasteiger partial charge in [-0.05, 0) is 39.0 Å². The summed E-state index contributed by atoms with van der Waals surface area (Å²) in [5.74, 6) is -2.00. The minimum absolute atomic E-state index is 0.0447. The second-order valence-electron chi connectivity index (χ2n) is 9.38. The zero-order valence-electron chi connectivity index (χ0n) is 19.7. The molecule has 1 atom stereocenters. The third-order valence-corrected chi connectivity index (χ3v) is 5.50. The van der Waals surface area contributed by atoms with Crippen molar-refractivity contribution in [2.45, 2.75) is 44.9 Å². The van der Waals surface area contributed by atoms with Gasteiger partial charge in [0.1, 0.15) is 22.8 Å². The number of hydrogen-bond donors (Lipinski definition) is 2. The summed E-state index contributed by atoms with van der Waals surface area (Å²) in [6.07, 6.45) is 0.938. The molecule has 0 saturated carbocycles. The fourth-order valence-corrected chi connectivity index (χ4v) is 3.93. The van der Waals surface area contributed by atoms with E-state index < -0.39 is 29.5 Å². The molecule has 0 fully saturated rings. The third kappa shape index (κ3) is 4.15. The number of pyridine rings is 1. The maximum atomic E-state index is 14.3. The number of benzene rings is 1. The molecule has 4 aromatic rings. The van der Waals surface area contributed by atoms with Gasteiger partial charge in [0.05, 0.1) is 18.4 Å². The molecule has 1 amide bonds. The van der Waals surface area contributed by atoms with E-state index in [2.05, 4.69) is 30.6 Å². The molecule has 5 rings (SSSR count). The van der Waals surface area contributed by atoms with Crippen molar-refractivity contribution >= 4 is 28.7 Å². The minimum Gasteiger partial charge on any atom is -0.460 e. The molecule has 2 N–H and O–H groups in total.